The van der Waals surface area contributed by atoms with Crippen LogP contribution in [0.5, 0.6) is 0 Å². The molecule has 1 heterocycles. The van der Waals surface area contributed by atoms with Gasteiger partial charge in [0.25, 0.3) is 0 Å². The molecule has 19 heavy (non-hydrogen) atoms. The number of rotatable bonds is 4. The number of anilines is 1. The van der Waals surface area contributed by atoms with Crippen LogP contribution < -0.4 is 5.32 Å². The number of likely N-dealkylation sites (N-methyl/N-ethyl adjacent to an activating group) is 1. The van der Waals surface area contributed by atoms with E-state index in [-0.39, 0.29) is 6.54 Å². The maximum Gasteiger partial charge on any atom is 0.240 e. The van der Waals surface area contributed by atoms with Gasteiger partial charge in [0.15, 0.2) is 0 Å². The molecule has 1 aromatic rings. The summed E-state index contributed by atoms with van der Waals surface area (Å²) in [4.78, 5) is 12.7. The van der Waals surface area contributed by atoms with E-state index < -0.39 is 15.9 Å². The largest absolute Gasteiger partial charge is 0.315 e. The Hall–Kier alpha value is -1.43. The van der Waals surface area contributed by atoms with Crippen molar-refractivity contribution in [3.63, 3.8) is 0 Å². The number of nitrogens with zero attached hydrogens (tertiary/aromatic N) is 2. The first-order valence-electron chi connectivity index (χ1n) is 5.38. The molecule has 1 amide bonds. The highest BCUT2D eigenvalue weighted by Gasteiger charge is 2.18. The van der Waals surface area contributed by atoms with Crippen LogP contribution in [0.25, 0.3) is 0 Å². The lowest BCUT2D eigenvalue weighted by Gasteiger charge is -2.13. The van der Waals surface area contributed by atoms with Gasteiger partial charge < -0.3 is 5.32 Å². The number of carbonyl (C=O) groups is 1. The Balaban J connectivity index is 2.85. The van der Waals surface area contributed by atoms with Crippen molar-refractivity contribution in [2.24, 2.45) is 0 Å². The van der Waals surface area contributed by atoms with Crippen LogP contribution >= 0.6 is 11.3 Å². The van der Waals surface area contributed by atoms with Gasteiger partial charge in [-0.15, -0.1) is 11.3 Å². The predicted molar refractivity (Wildman–Crippen MR) is 74.6 cm³/mol. The lowest BCUT2D eigenvalue weighted by atomic mass is 10.2. The summed E-state index contributed by atoms with van der Waals surface area (Å²) in [7, 11) is -2.07. The van der Waals surface area contributed by atoms with E-state index in [1.165, 1.54) is 18.4 Å². The Labute approximate surface area is 116 Å². The van der Waals surface area contributed by atoms with Gasteiger partial charge in [-0.05, 0) is 19.4 Å². The normalized spacial score (nSPS) is 11.4. The fourth-order valence-electron chi connectivity index (χ4n) is 1.34. The maximum absolute atomic E-state index is 11.7. The van der Waals surface area contributed by atoms with Gasteiger partial charge >= 0.3 is 0 Å². The van der Waals surface area contributed by atoms with E-state index in [9.17, 15) is 13.2 Å². The molecule has 6 nitrogen and oxygen atoms in total. The van der Waals surface area contributed by atoms with Crippen molar-refractivity contribution in [2.45, 2.75) is 13.8 Å². The van der Waals surface area contributed by atoms with Crippen molar-refractivity contribution >= 4 is 32.3 Å². The number of thiophene rings is 1. The van der Waals surface area contributed by atoms with E-state index in [0.717, 1.165) is 21.0 Å². The Morgan fingerprint density at radius 3 is 2.53 bits per heavy atom. The first-order chi connectivity index (χ1) is 8.66. The summed E-state index contributed by atoms with van der Waals surface area (Å²) in [6.45, 7) is 3.39. The summed E-state index contributed by atoms with van der Waals surface area (Å²) in [5, 5.41) is 12.1. The molecule has 0 aliphatic rings. The molecule has 0 spiro atoms. The van der Waals surface area contributed by atoms with Gasteiger partial charge in [-0.1, -0.05) is 0 Å². The minimum Gasteiger partial charge on any atom is -0.315 e. The highest BCUT2D eigenvalue weighted by molar-refractivity contribution is 7.88. The van der Waals surface area contributed by atoms with Crippen LogP contribution in [0.4, 0.5) is 5.00 Å². The Morgan fingerprint density at radius 2 is 2.05 bits per heavy atom. The number of hydrogen-bond donors (Lipinski definition) is 1. The second-order valence-electron chi connectivity index (χ2n) is 4.17. The summed E-state index contributed by atoms with van der Waals surface area (Å²) < 4.78 is 23.3. The summed E-state index contributed by atoms with van der Waals surface area (Å²) in [5.41, 5.74) is 1.26. The average molecular weight is 301 g/mol. The van der Waals surface area contributed by atoms with E-state index in [0.29, 0.717) is 10.6 Å². The zero-order chi connectivity index (χ0) is 14.8. The van der Waals surface area contributed by atoms with Gasteiger partial charge in [0.05, 0.1) is 18.4 Å². The molecule has 0 unspecified atom stereocenters. The van der Waals surface area contributed by atoms with E-state index in [4.69, 9.17) is 5.26 Å². The van der Waals surface area contributed by atoms with E-state index in [1.54, 1.807) is 0 Å². The number of aryl methyl sites for hydroxylation is 1. The summed E-state index contributed by atoms with van der Waals surface area (Å²) in [6, 6.07) is 2.04. The highest BCUT2D eigenvalue weighted by Crippen LogP contribution is 2.31. The van der Waals surface area contributed by atoms with Gasteiger partial charge in [0.2, 0.25) is 15.9 Å². The maximum atomic E-state index is 11.7. The van der Waals surface area contributed by atoms with Crippen LogP contribution in [0.1, 0.15) is 16.0 Å². The third-order valence-corrected chi connectivity index (χ3v) is 5.07. The quantitative estimate of drug-likeness (QED) is 0.900. The lowest BCUT2D eigenvalue weighted by molar-refractivity contribution is -0.116. The molecule has 1 rings (SSSR count). The molecular formula is C11H15N3O3S2. The van der Waals surface area contributed by atoms with Crippen molar-refractivity contribution in [3.8, 4) is 6.07 Å². The third kappa shape index (κ3) is 3.76. The third-order valence-electron chi connectivity index (χ3n) is 2.68. The number of amides is 1. The van der Waals surface area contributed by atoms with E-state index >= 15 is 0 Å². The van der Waals surface area contributed by atoms with Gasteiger partial charge in [-0.3, -0.25) is 4.79 Å². The number of nitrogens with one attached hydrogen (secondary N) is 1. The molecule has 1 aromatic heterocycles. The van der Waals surface area contributed by atoms with Gasteiger partial charge in [-0.25, -0.2) is 8.42 Å². The molecule has 104 valence electrons. The molecular weight excluding hydrogens is 286 g/mol. The van der Waals surface area contributed by atoms with E-state index in [2.05, 4.69) is 5.32 Å². The molecule has 0 bridgehead atoms. The predicted octanol–water partition coefficient (Wildman–Crippen LogP) is 1.07. The van der Waals surface area contributed by atoms with Crippen LogP contribution in [0.2, 0.25) is 0 Å². The monoisotopic (exact) mass is 301 g/mol. The first kappa shape index (κ1) is 15.6. The first-order valence-corrected chi connectivity index (χ1v) is 8.04. The second kappa shape index (κ2) is 5.69. The molecule has 1 N–H and O–H groups in total. The molecule has 0 radical (unpaired) electrons. The Morgan fingerprint density at radius 1 is 1.47 bits per heavy atom. The van der Waals surface area contributed by atoms with Crippen molar-refractivity contribution < 1.29 is 13.2 Å². The van der Waals surface area contributed by atoms with E-state index in [1.807, 2.05) is 19.9 Å². The molecule has 0 saturated heterocycles. The molecule has 0 aromatic carbocycles. The van der Waals surface area contributed by atoms with Crippen LogP contribution in [0, 0.1) is 25.2 Å². The van der Waals surface area contributed by atoms with Crippen LogP contribution in [0.3, 0.4) is 0 Å². The SMILES string of the molecule is Cc1sc(NC(=O)CN(C)S(C)(=O)=O)c(C#N)c1C. The van der Waals surface area contributed by atoms with Crippen LogP contribution in [-0.2, 0) is 14.8 Å². The van der Waals surface area contributed by atoms with Gasteiger partial charge in [-0.2, -0.15) is 9.57 Å². The molecule has 0 fully saturated rings. The van der Waals surface area contributed by atoms with Crippen LogP contribution in [-0.4, -0.2) is 38.5 Å². The zero-order valence-corrected chi connectivity index (χ0v) is 12.8. The minimum atomic E-state index is -3.40. The number of hydrogen-bond acceptors (Lipinski definition) is 5. The lowest BCUT2D eigenvalue weighted by Crippen LogP contribution is -2.34. The Bertz CT molecular complexity index is 641. The van der Waals surface area contributed by atoms with Crippen molar-refractivity contribution in [1.82, 2.24) is 4.31 Å². The topological polar surface area (TPSA) is 90.3 Å². The number of sulfonamides is 1. The smallest absolute Gasteiger partial charge is 0.240 e. The van der Waals surface area contributed by atoms with Crippen molar-refractivity contribution in [2.75, 3.05) is 25.2 Å². The molecule has 0 atom stereocenters. The van der Waals surface area contributed by atoms with Gasteiger partial charge in [0.1, 0.15) is 11.1 Å². The fourth-order valence-corrected chi connectivity index (χ4v) is 2.71. The summed E-state index contributed by atoms with van der Waals surface area (Å²) in [6.07, 6.45) is 1.03. The Kier molecular flexibility index (Phi) is 4.68. The number of nitriles is 1. The molecule has 0 aliphatic heterocycles. The minimum absolute atomic E-state index is 0.278. The second-order valence-corrected chi connectivity index (χ2v) is 7.48. The van der Waals surface area contributed by atoms with Crippen molar-refractivity contribution in [3.05, 3.63) is 16.0 Å². The van der Waals surface area contributed by atoms with Gasteiger partial charge in [0, 0.05) is 11.9 Å². The fraction of sp³-hybridized carbons (Fsp3) is 0.455. The van der Waals surface area contributed by atoms with Crippen molar-refractivity contribution in [1.29, 1.82) is 5.26 Å². The molecule has 0 aliphatic carbocycles. The zero-order valence-electron chi connectivity index (χ0n) is 11.1. The standard InChI is InChI=1S/C11H15N3O3S2/c1-7-8(2)18-11(9(7)5-12)13-10(15)6-14(3)19(4,16)17/h6H2,1-4H3,(H,13,15). The highest BCUT2D eigenvalue weighted by atomic mass is 32.2. The molecule has 8 heteroatoms. The average Bonchev–Trinajstić information content (AvgIpc) is 2.52. The van der Waals surface area contributed by atoms with Crippen LogP contribution in [0.15, 0.2) is 0 Å². The number of carbonyl (C=O) groups excluding carboxylic acids is 1. The summed E-state index contributed by atoms with van der Waals surface area (Å²) >= 11 is 1.31. The summed E-state index contributed by atoms with van der Waals surface area (Å²) in [5.74, 6) is -0.467. The molecule has 0 saturated carbocycles.